The molecule has 0 aliphatic rings. The Labute approximate surface area is 96.7 Å². The normalized spacial score (nSPS) is 12.1. The topological polar surface area (TPSA) is 38.0 Å². The lowest BCUT2D eigenvalue weighted by atomic mass is 10.1. The first-order valence-corrected chi connectivity index (χ1v) is 5.07. The van der Waals surface area contributed by atoms with Crippen molar-refractivity contribution in [2.75, 3.05) is 11.2 Å². The lowest BCUT2D eigenvalue weighted by molar-refractivity contribution is -0.137. The zero-order chi connectivity index (χ0) is 12.2. The second kappa shape index (κ2) is 5.27. The molecule has 0 saturated heterocycles. The highest BCUT2D eigenvalue weighted by molar-refractivity contribution is 7.80. The number of hydrogen-bond acceptors (Lipinski definition) is 3. The van der Waals surface area contributed by atoms with Crippen LogP contribution in [-0.2, 0) is 6.18 Å². The van der Waals surface area contributed by atoms with Gasteiger partial charge in [0.1, 0.15) is 0 Å². The minimum atomic E-state index is -4.36. The van der Waals surface area contributed by atoms with Crippen molar-refractivity contribution < 1.29 is 13.2 Å². The van der Waals surface area contributed by atoms with E-state index in [-0.39, 0.29) is 5.69 Å². The summed E-state index contributed by atoms with van der Waals surface area (Å²) < 4.78 is 37.2. The van der Waals surface area contributed by atoms with Gasteiger partial charge in [0, 0.05) is 5.75 Å². The summed E-state index contributed by atoms with van der Waals surface area (Å²) in [5, 5.41) is 0. The van der Waals surface area contributed by atoms with Crippen molar-refractivity contribution in [1.82, 2.24) is 0 Å². The fraction of sp³-hybridized carbons (Fsp3) is 0.200. The van der Waals surface area contributed by atoms with Crippen LogP contribution in [0, 0.1) is 0 Å². The van der Waals surface area contributed by atoms with Crippen LogP contribution >= 0.6 is 12.6 Å². The smallest absolute Gasteiger partial charge is 0.324 e. The van der Waals surface area contributed by atoms with Gasteiger partial charge >= 0.3 is 6.18 Å². The number of nitrogens with one attached hydrogen (secondary N) is 1. The highest BCUT2D eigenvalue weighted by Gasteiger charge is 2.30. The summed E-state index contributed by atoms with van der Waals surface area (Å²) in [4.78, 5) is 0. The highest BCUT2D eigenvalue weighted by atomic mass is 32.1. The number of rotatable bonds is 3. The van der Waals surface area contributed by atoms with E-state index in [1.165, 1.54) is 6.07 Å². The molecule has 0 spiro atoms. The lowest BCUT2D eigenvalue weighted by Gasteiger charge is -2.10. The molecule has 0 aromatic heterocycles. The molecule has 0 saturated carbocycles. The van der Waals surface area contributed by atoms with Gasteiger partial charge in [-0.25, -0.2) is 0 Å². The zero-order valence-corrected chi connectivity index (χ0v) is 9.15. The van der Waals surface area contributed by atoms with E-state index in [9.17, 15) is 13.2 Å². The zero-order valence-electron chi connectivity index (χ0n) is 8.25. The fourth-order valence-corrected chi connectivity index (χ4v) is 1.29. The van der Waals surface area contributed by atoms with Crippen LogP contribution in [-0.4, -0.2) is 5.75 Å². The molecular formula is C10H11F3N2S. The van der Waals surface area contributed by atoms with Crippen molar-refractivity contribution >= 4 is 24.4 Å². The summed E-state index contributed by atoms with van der Waals surface area (Å²) in [6.07, 6.45) is -0.994. The van der Waals surface area contributed by atoms with Gasteiger partial charge in [0.2, 0.25) is 0 Å². The number of thiol groups is 1. The molecule has 16 heavy (non-hydrogen) atoms. The van der Waals surface area contributed by atoms with Crippen molar-refractivity contribution in [3.63, 3.8) is 0 Å². The summed E-state index contributed by atoms with van der Waals surface area (Å²) >= 11 is 3.96. The summed E-state index contributed by atoms with van der Waals surface area (Å²) in [5.74, 6) is 5.67. The Bertz CT molecular complexity index is 388. The third-order valence-corrected chi connectivity index (χ3v) is 2.15. The minimum Gasteiger partial charge on any atom is -0.324 e. The van der Waals surface area contributed by atoms with Crippen LogP contribution in [0.25, 0.3) is 6.08 Å². The van der Waals surface area contributed by atoms with Gasteiger partial charge in [-0.05, 0) is 17.7 Å². The third-order valence-electron chi connectivity index (χ3n) is 1.94. The number of anilines is 1. The molecule has 0 atom stereocenters. The largest absolute Gasteiger partial charge is 0.416 e. The van der Waals surface area contributed by atoms with Gasteiger partial charge in [-0.1, -0.05) is 18.2 Å². The SMILES string of the molecule is NNc1cc(C(F)(F)F)ccc1C=CCS. The first kappa shape index (κ1) is 12.9. The Morgan fingerprint density at radius 1 is 1.38 bits per heavy atom. The Balaban J connectivity index is 3.12. The summed E-state index contributed by atoms with van der Waals surface area (Å²) in [6, 6.07) is 3.34. The molecule has 0 fully saturated rings. The van der Waals surface area contributed by atoms with Gasteiger partial charge < -0.3 is 5.43 Å². The molecule has 0 bridgehead atoms. The molecule has 6 heteroatoms. The highest BCUT2D eigenvalue weighted by Crippen LogP contribution is 2.32. The van der Waals surface area contributed by atoms with E-state index in [4.69, 9.17) is 5.84 Å². The van der Waals surface area contributed by atoms with Gasteiger partial charge in [0.25, 0.3) is 0 Å². The van der Waals surface area contributed by atoms with E-state index in [1.54, 1.807) is 12.2 Å². The van der Waals surface area contributed by atoms with Gasteiger partial charge in [0.05, 0.1) is 11.3 Å². The van der Waals surface area contributed by atoms with Crippen molar-refractivity contribution in [3.05, 3.63) is 35.4 Å². The van der Waals surface area contributed by atoms with Gasteiger partial charge in [-0.2, -0.15) is 25.8 Å². The van der Waals surface area contributed by atoms with Crippen LogP contribution in [0.15, 0.2) is 24.3 Å². The second-order valence-electron chi connectivity index (χ2n) is 3.03. The first-order chi connectivity index (χ1) is 7.49. The van der Waals surface area contributed by atoms with E-state index >= 15 is 0 Å². The first-order valence-electron chi connectivity index (χ1n) is 4.44. The molecule has 0 unspecified atom stereocenters. The number of alkyl halides is 3. The van der Waals surface area contributed by atoms with E-state index in [2.05, 4.69) is 18.1 Å². The Kier molecular flexibility index (Phi) is 4.26. The number of hydrogen-bond donors (Lipinski definition) is 3. The van der Waals surface area contributed by atoms with Gasteiger partial charge in [0.15, 0.2) is 0 Å². The summed E-state index contributed by atoms with van der Waals surface area (Å²) in [5.41, 5.74) is 2.32. The van der Waals surface area contributed by atoms with E-state index in [0.717, 1.165) is 12.1 Å². The van der Waals surface area contributed by atoms with Crippen LogP contribution < -0.4 is 11.3 Å². The fourth-order valence-electron chi connectivity index (χ4n) is 1.18. The van der Waals surface area contributed by atoms with Crippen LogP contribution in [0.4, 0.5) is 18.9 Å². The predicted octanol–water partition coefficient (Wildman–Crippen LogP) is 2.93. The molecular weight excluding hydrogens is 237 g/mol. The third kappa shape index (κ3) is 3.18. The van der Waals surface area contributed by atoms with Crippen molar-refractivity contribution in [1.29, 1.82) is 0 Å². The van der Waals surface area contributed by atoms with Crippen molar-refractivity contribution in [3.8, 4) is 0 Å². The monoisotopic (exact) mass is 248 g/mol. The number of benzene rings is 1. The Morgan fingerprint density at radius 3 is 2.56 bits per heavy atom. The molecule has 3 N–H and O–H groups in total. The van der Waals surface area contributed by atoms with Crippen molar-refractivity contribution in [2.24, 2.45) is 5.84 Å². The maximum absolute atomic E-state index is 12.4. The van der Waals surface area contributed by atoms with E-state index in [1.807, 2.05) is 0 Å². The maximum atomic E-state index is 12.4. The molecule has 88 valence electrons. The molecule has 2 nitrogen and oxygen atoms in total. The van der Waals surface area contributed by atoms with Crippen LogP contribution in [0.1, 0.15) is 11.1 Å². The molecule has 1 aromatic carbocycles. The maximum Gasteiger partial charge on any atom is 0.416 e. The quantitative estimate of drug-likeness (QED) is 0.437. The second-order valence-corrected chi connectivity index (χ2v) is 3.39. The number of nitrogen functional groups attached to an aromatic ring is 1. The molecule has 0 radical (unpaired) electrons. The standard InChI is InChI=1S/C10H11F3N2S/c11-10(12,13)8-4-3-7(2-1-5-16)9(6-8)15-14/h1-4,6,15-16H,5,14H2. The molecule has 0 heterocycles. The number of halogens is 3. The lowest BCUT2D eigenvalue weighted by Crippen LogP contribution is -2.11. The molecule has 1 aromatic rings. The van der Waals surface area contributed by atoms with Crippen LogP contribution in [0.2, 0.25) is 0 Å². The summed E-state index contributed by atoms with van der Waals surface area (Å²) in [7, 11) is 0. The molecule has 1 rings (SSSR count). The van der Waals surface area contributed by atoms with Gasteiger partial charge in [-0.3, -0.25) is 5.84 Å². The Hall–Kier alpha value is -1.14. The minimum absolute atomic E-state index is 0.229. The van der Waals surface area contributed by atoms with Crippen molar-refractivity contribution in [2.45, 2.75) is 6.18 Å². The molecule has 0 aliphatic heterocycles. The number of nitrogens with two attached hydrogens (primary N) is 1. The summed E-state index contributed by atoms with van der Waals surface area (Å²) in [6.45, 7) is 0. The van der Waals surface area contributed by atoms with E-state index in [0.29, 0.717) is 11.3 Å². The molecule has 0 amide bonds. The average molecular weight is 248 g/mol. The van der Waals surface area contributed by atoms with Crippen LogP contribution in [0.5, 0.6) is 0 Å². The number of hydrazine groups is 1. The predicted molar refractivity (Wildman–Crippen MR) is 62.1 cm³/mol. The van der Waals surface area contributed by atoms with E-state index < -0.39 is 11.7 Å². The van der Waals surface area contributed by atoms with Gasteiger partial charge in [-0.15, -0.1) is 0 Å². The van der Waals surface area contributed by atoms with Crippen LogP contribution in [0.3, 0.4) is 0 Å². The Morgan fingerprint density at radius 2 is 2.06 bits per heavy atom. The average Bonchev–Trinajstić information content (AvgIpc) is 2.24. The molecule has 0 aliphatic carbocycles.